The van der Waals surface area contributed by atoms with Crippen LogP contribution in [0.5, 0.6) is 5.75 Å². The zero-order valence-electron chi connectivity index (χ0n) is 21.3. The predicted octanol–water partition coefficient (Wildman–Crippen LogP) is 8.08. The zero-order valence-corrected chi connectivity index (χ0v) is 23.7. The number of amides is 1. The monoisotopic (exact) mass is 597 g/mol. The number of thiazole rings is 1. The fraction of sp³-hybridized carbons (Fsp3) is 0.0323. The van der Waals surface area contributed by atoms with Crippen LogP contribution in [0.2, 0.25) is 10.0 Å². The maximum Gasteiger partial charge on any atom is 0.271 e. The minimum Gasteiger partial charge on any atom is -0.487 e. The van der Waals surface area contributed by atoms with E-state index in [0.29, 0.717) is 32.5 Å². The summed E-state index contributed by atoms with van der Waals surface area (Å²) in [5.74, 6) is 0.132. The standard InChI is InChI=1S/C31H21Cl2N5O2S/c32-25-10-12-26(13-11-25)36-31-37-28(19-41-31)21-6-8-22(9-7-21)30(39)38-35-17-20-5-14-29(27(33)15-20)40-18-24-4-2-1-3-23(24)16-34/h1-15,17,19H,18H2,(H,36,37)(H,38,39)/b35-17-. The van der Waals surface area contributed by atoms with Crippen molar-refractivity contribution in [1.29, 1.82) is 5.26 Å². The average molecular weight is 599 g/mol. The van der Waals surface area contributed by atoms with Gasteiger partial charge in [0, 0.05) is 32.8 Å². The Labute approximate surface area is 250 Å². The van der Waals surface area contributed by atoms with E-state index in [0.717, 1.165) is 27.6 Å². The fourth-order valence-electron chi connectivity index (χ4n) is 3.77. The van der Waals surface area contributed by atoms with Gasteiger partial charge in [0.15, 0.2) is 5.13 Å². The first-order chi connectivity index (χ1) is 20.0. The lowest BCUT2D eigenvalue weighted by molar-refractivity contribution is 0.0955. The summed E-state index contributed by atoms with van der Waals surface area (Å²) in [4.78, 5) is 17.2. The second-order valence-corrected chi connectivity index (χ2v) is 10.4. The third kappa shape index (κ3) is 7.29. The van der Waals surface area contributed by atoms with Crippen molar-refractivity contribution in [2.45, 2.75) is 6.61 Å². The van der Waals surface area contributed by atoms with Crippen molar-refractivity contribution in [2.24, 2.45) is 5.10 Å². The van der Waals surface area contributed by atoms with E-state index in [2.05, 4.69) is 26.9 Å². The van der Waals surface area contributed by atoms with Crippen LogP contribution in [0.25, 0.3) is 11.3 Å². The summed E-state index contributed by atoms with van der Waals surface area (Å²) in [5, 5.41) is 20.3. The van der Waals surface area contributed by atoms with E-state index >= 15 is 0 Å². The van der Waals surface area contributed by atoms with Gasteiger partial charge in [-0.05, 0) is 66.2 Å². The summed E-state index contributed by atoms with van der Waals surface area (Å²) in [7, 11) is 0. The maximum atomic E-state index is 12.6. The van der Waals surface area contributed by atoms with E-state index < -0.39 is 0 Å². The van der Waals surface area contributed by atoms with E-state index in [9.17, 15) is 10.1 Å². The van der Waals surface area contributed by atoms with Gasteiger partial charge < -0.3 is 10.1 Å². The normalized spacial score (nSPS) is 10.8. The van der Waals surface area contributed by atoms with Gasteiger partial charge in [0.2, 0.25) is 0 Å². The molecule has 1 aromatic heterocycles. The maximum absolute atomic E-state index is 12.6. The van der Waals surface area contributed by atoms with E-state index in [1.54, 1.807) is 42.5 Å². The van der Waals surface area contributed by atoms with Crippen LogP contribution in [0, 0.1) is 11.3 Å². The number of hydrogen-bond acceptors (Lipinski definition) is 7. The molecule has 5 aromatic rings. The molecule has 5 rings (SSSR count). The third-order valence-electron chi connectivity index (χ3n) is 5.90. The number of carbonyl (C=O) groups is 1. The minimum absolute atomic E-state index is 0.218. The molecule has 1 heterocycles. The van der Waals surface area contributed by atoms with E-state index in [-0.39, 0.29) is 12.5 Å². The minimum atomic E-state index is -0.349. The average Bonchev–Trinajstić information content (AvgIpc) is 3.46. The topological polar surface area (TPSA) is 99.4 Å². The van der Waals surface area contributed by atoms with Crippen LogP contribution in [0.1, 0.15) is 27.0 Å². The van der Waals surface area contributed by atoms with Crippen LogP contribution in [0.4, 0.5) is 10.8 Å². The van der Waals surface area contributed by atoms with Gasteiger partial charge in [-0.3, -0.25) is 4.79 Å². The Morgan fingerprint density at radius 3 is 2.56 bits per heavy atom. The molecule has 202 valence electrons. The molecule has 0 fully saturated rings. The second kappa shape index (κ2) is 13.1. The summed E-state index contributed by atoms with van der Waals surface area (Å²) in [6.07, 6.45) is 1.50. The highest BCUT2D eigenvalue weighted by Crippen LogP contribution is 2.28. The van der Waals surface area contributed by atoms with Gasteiger partial charge in [-0.15, -0.1) is 11.3 Å². The van der Waals surface area contributed by atoms with Crippen molar-refractivity contribution in [2.75, 3.05) is 5.32 Å². The van der Waals surface area contributed by atoms with E-state index in [1.165, 1.54) is 17.6 Å². The molecule has 0 aliphatic carbocycles. The van der Waals surface area contributed by atoms with Gasteiger partial charge in [-0.1, -0.05) is 53.5 Å². The molecule has 2 N–H and O–H groups in total. The van der Waals surface area contributed by atoms with Crippen LogP contribution in [0.15, 0.2) is 101 Å². The molecule has 4 aromatic carbocycles. The Kier molecular flexibility index (Phi) is 8.92. The number of benzene rings is 4. The van der Waals surface area contributed by atoms with Crippen molar-refractivity contribution in [3.8, 4) is 23.1 Å². The van der Waals surface area contributed by atoms with Crippen LogP contribution >= 0.6 is 34.5 Å². The van der Waals surface area contributed by atoms with Gasteiger partial charge in [-0.25, -0.2) is 10.4 Å². The smallest absolute Gasteiger partial charge is 0.271 e. The van der Waals surface area contributed by atoms with Crippen molar-refractivity contribution < 1.29 is 9.53 Å². The van der Waals surface area contributed by atoms with Crippen molar-refractivity contribution in [1.82, 2.24) is 10.4 Å². The Morgan fingerprint density at radius 1 is 1.02 bits per heavy atom. The number of nitrogens with one attached hydrogen (secondary N) is 2. The number of ether oxygens (including phenoxy) is 1. The predicted molar refractivity (Wildman–Crippen MR) is 164 cm³/mol. The molecule has 0 saturated carbocycles. The summed E-state index contributed by atoms with van der Waals surface area (Å²) in [6, 6.07) is 29.1. The Balaban J connectivity index is 1.15. The number of nitriles is 1. The largest absolute Gasteiger partial charge is 0.487 e. The molecule has 10 heteroatoms. The van der Waals surface area contributed by atoms with Gasteiger partial charge in [0.25, 0.3) is 5.91 Å². The molecular weight excluding hydrogens is 577 g/mol. The Hall–Kier alpha value is -4.68. The third-order valence-corrected chi connectivity index (χ3v) is 7.20. The SMILES string of the molecule is N#Cc1ccccc1COc1ccc(/C=N\NC(=O)c2ccc(-c3csc(Nc4ccc(Cl)cc4)n3)cc2)cc1Cl. The zero-order chi connectivity index (χ0) is 28.6. The lowest BCUT2D eigenvalue weighted by Crippen LogP contribution is -2.17. The molecular formula is C31H21Cl2N5O2S. The first kappa shape index (κ1) is 27.9. The molecule has 0 atom stereocenters. The summed E-state index contributed by atoms with van der Waals surface area (Å²) in [6.45, 7) is 0.218. The molecule has 0 bridgehead atoms. The van der Waals surface area contributed by atoms with Crippen molar-refractivity contribution in [3.63, 3.8) is 0 Å². The Bertz CT molecular complexity index is 1750. The summed E-state index contributed by atoms with van der Waals surface area (Å²) >= 11 is 13.8. The molecule has 0 radical (unpaired) electrons. The van der Waals surface area contributed by atoms with E-state index in [1.807, 2.05) is 53.9 Å². The first-order valence-electron chi connectivity index (χ1n) is 12.3. The van der Waals surface area contributed by atoms with Gasteiger partial charge >= 0.3 is 0 Å². The Morgan fingerprint density at radius 2 is 1.80 bits per heavy atom. The summed E-state index contributed by atoms with van der Waals surface area (Å²) < 4.78 is 5.79. The number of carbonyl (C=O) groups excluding carboxylic acids is 1. The van der Waals surface area contributed by atoms with Gasteiger partial charge in [0.05, 0.1) is 28.6 Å². The quantitative estimate of drug-likeness (QED) is 0.132. The van der Waals surface area contributed by atoms with Crippen LogP contribution in [-0.4, -0.2) is 17.1 Å². The highest BCUT2D eigenvalue weighted by atomic mass is 35.5. The van der Waals surface area contributed by atoms with Crippen LogP contribution < -0.4 is 15.5 Å². The number of aromatic nitrogens is 1. The highest BCUT2D eigenvalue weighted by Gasteiger charge is 2.09. The molecule has 41 heavy (non-hydrogen) atoms. The molecule has 7 nitrogen and oxygen atoms in total. The molecule has 0 saturated heterocycles. The molecule has 0 unspecified atom stereocenters. The molecule has 0 aliphatic rings. The number of anilines is 2. The molecule has 0 aliphatic heterocycles. The second-order valence-electron chi connectivity index (χ2n) is 8.69. The van der Waals surface area contributed by atoms with Crippen LogP contribution in [-0.2, 0) is 6.61 Å². The van der Waals surface area contributed by atoms with Crippen molar-refractivity contribution >= 4 is 57.5 Å². The van der Waals surface area contributed by atoms with Gasteiger partial charge in [0.1, 0.15) is 12.4 Å². The lowest BCUT2D eigenvalue weighted by Gasteiger charge is -2.09. The molecule has 1 amide bonds. The number of hydrogen-bond donors (Lipinski definition) is 2. The van der Waals surface area contributed by atoms with E-state index in [4.69, 9.17) is 27.9 Å². The van der Waals surface area contributed by atoms with Crippen LogP contribution in [0.3, 0.4) is 0 Å². The first-order valence-corrected chi connectivity index (χ1v) is 13.9. The number of rotatable bonds is 9. The number of halogens is 2. The molecule has 0 spiro atoms. The summed E-state index contributed by atoms with van der Waals surface area (Å²) in [5.41, 5.74) is 7.58. The number of nitrogens with zero attached hydrogens (tertiary/aromatic N) is 3. The fourth-order valence-corrected chi connectivity index (χ4v) is 4.88. The van der Waals surface area contributed by atoms with Crippen molar-refractivity contribution in [3.05, 3.63) is 129 Å². The highest BCUT2D eigenvalue weighted by molar-refractivity contribution is 7.14. The van der Waals surface area contributed by atoms with Gasteiger partial charge in [-0.2, -0.15) is 10.4 Å². The lowest BCUT2D eigenvalue weighted by atomic mass is 10.1. The number of hydrazone groups is 1.